The number of fused-ring (bicyclic) bond motifs is 1. The number of urea groups is 1. The van der Waals surface area contributed by atoms with E-state index in [1.54, 1.807) is 4.57 Å². The number of aromatic amines is 1. The van der Waals surface area contributed by atoms with Crippen LogP contribution in [0.1, 0.15) is 36.2 Å². The third-order valence-corrected chi connectivity index (χ3v) is 7.21. The van der Waals surface area contributed by atoms with Crippen LogP contribution in [0.2, 0.25) is 0 Å². The fourth-order valence-corrected chi connectivity index (χ4v) is 5.29. The summed E-state index contributed by atoms with van der Waals surface area (Å²) in [4.78, 5) is 43.2. The maximum atomic E-state index is 14.4. The highest BCUT2D eigenvalue weighted by atomic mass is 19.4. The number of amides is 3. The van der Waals surface area contributed by atoms with Gasteiger partial charge in [0.1, 0.15) is 24.5 Å². The predicted octanol–water partition coefficient (Wildman–Crippen LogP) is 2.77. The van der Waals surface area contributed by atoms with E-state index in [-0.39, 0.29) is 30.4 Å². The molecule has 0 saturated carbocycles. The van der Waals surface area contributed by atoms with Crippen molar-refractivity contribution in [2.75, 3.05) is 44.6 Å². The van der Waals surface area contributed by atoms with Gasteiger partial charge in [0.2, 0.25) is 5.91 Å². The molecular weight excluding hydrogens is 543 g/mol. The molecule has 2 fully saturated rings. The zero-order valence-corrected chi connectivity index (χ0v) is 21.1. The first-order valence-corrected chi connectivity index (χ1v) is 12.7. The number of aromatic nitrogens is 2. The molecule has 2 aromatic rings. The van der Waals surface area contributed by atoms with E-state index in [0.717, 1.165) is 11.8 Å². The van der Waals surface area contributed by atoms with Crippen LogP contribution >= 0.6 is 0 Å². The fraction of sp³-hybridized carbons (Fsp3) is 0.480. The molecule has 0 bridgehead atoms. The van der Waals surface area contributed by atoms with Crippen molar-refractivity contribution in [3.05, 3.63) is 57.7 Å². The standard InChI is InChI=1S/C25H27F5N6O4/c26-16-4-1-3-15(20(16)27)19-11-35(13-25(28,29)30)22(37)17(12-40-19)32-23(38)34-9-6-14(7-10-34)36-18-5-2-8-31-21(18)33-24(36)39/h1-5,14,17,19,31H,6-13H2,(H,32,38)(H,33,39)/t17-,19-/m1/s1. The SMILES string of the molecule is O=C(N[C@@H]1CO[C@@H](c2cccc(F)c2F)CN(CC(F)(F)F)C1=O)N1CCC(n2c3c([nH]c2=O)NCC=C3)CC1. The molecule has 2 saturated heterocycles. The lowest BCUT2D eigenvalue weighted by Gasteiger charge is -2.34. The molecule has 0 radical (unpaired) electrons. The minimum atomic E-state index is -4.78. The second-order valence-corrected chi connectivity index (χ2v) is 9.86. The molecule has 4 heterocycles. The third kappa shape index (κ3) is 5.69. The second kappa shape index (κ2) is 10.9. The van der Waals surface area contributed by atoms with Crippen LogP contribution in [-0.2, 0) is 9.53 Å². The Balaban J connectivity index is 1.27. The van der Waals surface area contributed by atoms with Gasteiger partial charge in [0.05, 0.1) is 18.8 Å². The van der Waals surface area contributed by atoms with E-state index in [0.29, 0.717) is 30.1 Å². The number of nitrogens with zero attached hydrogens (tertiary/aromatic N) is 3. The van der Waals surface area contributed by atoms with Crippen molar-refractivity contribution < 1.29 is 36.3 Å². The minimum Gasteiger partial charge on any atom is -0.369 e. The van der Waals surface area contributed by atoms with Gasteiger partial charge in [0.15, 0.2) is 11.6 Å². The number of likely N-dealkylation sites (tertiary alicyclic amines) is 1. The summed E-state index contributed by atoms with van der Waals surface area (Å²) in [5, 5.41) is 5.53. The Morgan fingerprint density at radius 3 is 2.62 bits per heavy atom. The number of anilines is 1. The topological polar surface area (TPSA) is 112 Å². The Morgan fingerprint density at radius 2 is 1.90 bits per heavy atom. The van der Waals surface area contributed by atoms with Crippen molar-refractivity contribution in [3.8, 4) is 0 Å². The van der Waals surface area contributed by atoms with Crippen molar-refractivity contribution >= 4 is 23.8 Å². The summed E-state index contributed by atoms with van der Waals surface area (Å²) in [5.74, 6) is -2.92. The van der Waals surface area contributed by atoms with Gasteiger partial charge in [0.25, 0.3) is 0 Å². The van der Waals surface area contributed by atoms with Gasteiger partial charge in [-0.1, -0.05) is 18.2 Å². The summed E-state index contributed by atoms with van der Waals surface area (Å²) in [6.07, 6.45) is -1.56. The maximum Gasteiger partial charge on any atom is 0.406 e. The highest BCUT2D eigenvalue weighted by molar-refractivity contribution is 5.87. The number of nitrogens with one attached hydrogen (secondary N) is 3. The van der Waals surface area contributed by atoms with Crippen molar-refractivity contribution in [3.63, 3.8) is 0 Å². The number of hydrogen-bond donors (Lipinski definition) is 3. The van der Waals surface area contributed by atoms with Gasteiger partial charge in [-0.3, -0.25) is 14.3 Å². The van der Waals surface area contributed by atoms with Gasteiger partial charge in [-0.05, 0) is 25.0 Å². The van der Waals surface area contributed by atoms with E-state index in [4.69, 9.17) is 4.74 Å². The molecule has 1 aromatic heterocycles. The summed E-state index contributed by atoms with van der Waals surface area (Å²) < 4.78 is 75.2. The highest BCUT2D eigenvalue weighted by Crippen LogP contribution is 2.29. The van der Waals surface area contributed by atoms with Gasteiger partial charge in [-0.25, -0.2) is 18.4 Å². The van der Waals surface area contributed by atoms with Crippen LogP contribution in [0.4, 0.5) is 32.6 Å². The first kappa shape index (κ1) is 27.7. The summed E-state index contributed by atoms with van der Waals surface area (Å²) in [6, 6.07) is 0.854. The molecule has 40 heavy (non-hydrogen) atoms. The average Bonchev–Trinajstić information content (AvgIpc) is 3.18. The zero-order chi connectivity index (χ0) is 28.6. The number of hydrogen-bond acceptors (Lipinski definition) is 5. The molecule has 15 heteroatoms. The van der Waals surface area contributed by atoms with E-state index >= 15 is 0 Å². The predicted molar refractivity (Wildman–Crippen MR) is 132 cm³/mol. The zero-order valence-electron chi connectivity index (χ0n) is 21.1. The van der Waals surface area contributed by atoms with Crippen molar-refractivity contribution in [2.45, 2.75) is 37.2 Å². The highest BCUT2D eigenvalue weighted by Gasteiger charge is 2.41. The molecule has 3 aliphatic rings. The van der Waals surface area contributed by atoms with Crippen LogP contribution in [0.25, 0.3) is 6.08 Å². The average molecular weight is 571 g/mol. The molecule has 3 amide bonds. The summed E-state index contributed by atoms with van der Waals surface area (Å²) in [7, 11) is 0. The molecule has 1 aromatic carbocycles. The van der Waals surface area contributed by atoms with E-state index in [2.05, 4.69) is 15.6 Å². The Hall–Kier alpha value is -3.88. The molecule has 2 atom stereocenters. The number of alkyl halides is 3. The number of benzene rings is 1. The van der Waals surface area contributed by atoms with E-state index in [1.165, 1.54) is 17.0 Å². The van der Waals surface area contributed by atoms with Gasteiger partial charge in [-0.2, -0.15) is 13.2 Å². The Morgan fingerprint density at radius 1 is 1.15 bits per heavy atom. The number of H-pyrrole nitrogens is 1. The van der Waals surface area contributed by atoms with Crippen molar-refractivity contribution in [2.24, 2.45) is 0 Å². The normalized spacial score (nSPS) is 22.1. The lowest BCUT2D eigenvalue weighted by molar-refractivity contribution is -0.162. The second-order valence-electron chi connectivity index (χ2n) is 9.86. The van der Waals surface area contributed by atoms with Crippen LogP contribution in [0, 0.1) is 11.6 Å². The smallest absolute Gasteiger partial charge is 0.369 e. The maximum absolute atomic E-state index is 14.4. The number of imidazole rings is 1. The van der Waals surface area contributed by atoms with E-state index in [9.17, 15) is 36.3 Å². The number of carbonyl (C=O) groups excluding carboxylic acids is 2. The van der Waals surface area contributed by atoms with Crippen LogP contribution < -0.4 is 16.3 Å². The van der Waals surface area contributed by atoms with E-state index < -0.39 is 61.6 Å². The van der Waals surface area contributed by atoms with Gasteiger partial charge in [0, 0.05) is 31.2 Å². The monoisotopic (exact) mass is 570 g/mol. The summed E-state index contributed by atoms with van der Waals surface area (Å²) in [6.45, 7) is -1.83. The quantitative estimate of drug-likeness (QED) is 0.490. The van der Waals surface area contributed by atoms with Gasteiger partial charge in [-0.15, -0.1) is 0 Å². The number of ether oxygens (including phenoxy) is 1. The molecule has 3 N–H and O–H groups in total. The molecule has 0 aliphatic carbocycles. The first-order chi connectivity index (χ1) is 19.0. The summed E-state index contributed by atoms with van der Waals surface area (Å²) >= 11 is 0. The van der Waals surface area contributed by atoms with Crippen LogP contribution in [-0.4, -0.2) is 82.8 Å². The first-order valence-electron chi connectivity index (χ1n) is 12.7. The molecule has 10 nitrogen and oxygen atoms in total. The number of halogens is 5. The van der Waals surface area contributed by atoms with Crippen LogP contribution in [0.15, 0.2) is 29.1 Å². The molecule has 0 unspecified atom stereocenters. The lowest BCUT2D eigenvalue weighted by Crippen LogP contribution is -2.55. The molecule has 5 rings (SSSR count). The molecule has 216 valence electrons. The summed E-state index contributed by atoms with van der Waals surface area (Å²) in [5.41, 5.74) is 0.109. The number of carbonyl (C=O) groups is 2. The minimum absolute atomic E-state index is 0.187. The van der Waals surface area contributed by atoms with Crippen molar-refractivity contribution in [1.82, 2.24) is 24.7 Å². The Labute approximate surface area is 224 Å². The van der Waals surface area contributed by atoms with Crippen LogP contribution in [0.5, 0.6) is 0 Å². The fourth-order valence-electron chi connectivity index (χ4n) is 5.29. The Bertz CT molecular complexity index is 1360. The Kier molecular flexibility index (Phi) is 7.57. The van der Waals surface area contributed by atoms with Gasteiger partial charge >= 0.3 is 17.9 Å². The molecule has 0 spiro atoms. The molecule has 3 aliphatic heterocycles. The van der Waals surface area contributed by atoms with Gasteiger partial charge < -0.3 is 25.2 Å². The third-order valence-electron chi connectivity index (χ3n) is 7.21. The largest absolute Gasteiger partial charge is 0.406 e. The number of piperidine rings is 1. The van der Waals surface area contributed by atoms with E-state index in [1.807, 2.05) is 12.2 Å². The lowest BCUT2D eigenvalue weighted by atomic mass is 10.0. The molecular formula is C25H27F5N6O4. The van der Waals surface area contributed by atoms with Crippen LogP contribution in [0.3, 0.4) is 0 Å². The number of rotatable bonds is 4. The van der Waals surface area contributed by atoms with Crippen molar-refractivity contribution in [1.29, 1.82) is 0 Å².